The molecule has 20 heavy (non-hydrogen) atoms. The van der Waals surface area contributed by atoms with E-state index in [4.69, 9.17) is 0 Å². The molecule has 1 aliphatic rings. The molecule has 1 atom stereocenters. The van der Waals surface area contributed by atoms with Crippen molar-refractivity contribution in [1.82, 2.24) is 20.8 Å². The fourth-order valence-electron chi connectivity index (χ4n) is 2.46. The molecule has 1 aliphatic heterocycles. The summed E-state index contributed by atoms with van der Waals surface area (Å²) in [7, 11) is 0. The molecule has 1 unspecified atom stereocenters. The van der Waals surface area contributed by atoms with Gasteiger partial charge in [-0.05, 0) is 23.3 Å². The van der Waals surface area contributed by atoms with Gasteiger partial charge in [-0.2, -0.15) is 10.2 Å². The SMILES string of the molecule is O=C(NCc1cccnn1)C1CNCc2ccccc21. The number of nitrogens with zero attached hydrogens (tertiary/aromatic N) is 2. The Hall–Kier alpha value is -2.27. The highest BCUT2D eigenvalue weighted by molar-refractivity contribution is 5.84. The first-order chi connectivity index (χ1) is 9.84. The van der Waals surface area contributed by atoms with E-state index in [0.717, 1.165) is 17.8 Å². The van der Waals surface area contributed by atoms with Crippen LogP contribution in [0, 0.1) is 0 Å². The number of hydrogen-bond donors (Lipinski definition) is 2. The van der Waals surface area contributed by atoms with E-state index in [1.54, 1.807) is 6.20 Å². The van der Waals surface area contributed by atoms with Crippen LogP contribution in [0.3, 0.4) is 0 Å². The maximum absolute atomic E-state index is 12.3. The van der Waals surface area contributed by atoms with Gasteiger partial charge in [0.15, 0.2) is 0 Å². The highest BCUT2D eigenvalue weighted by Gasteiger charge is 2.25. The van der Waals surface area contributed by atoms with Crippen molar-refractivity contribution in [1.29, 1.82) is 0 Å². The van der Waals surface area contributed by atoms with Crippen molar-refractivity contribution >= 4 is 5.91 Å². The van der Waals surface area contributed by atoms with E-state index in [0.29, 0.717) is 13.1 Å². The molecule has 102 valence electrons. The maximum atomic E-state index is 12.3. The molecule has 0 fully saturated rings. The van der Waals surface area contributed by atoms with Crippen LogP contribution < -0.4 is 10.6 Å². The van der Waals surface area contributed by atoms with Crippen LogP contribution in [-0.4, -0.2) is 22.6 Å². The van der Waals surface area contributed by atoms with Crippen LogP contribution in [0.2, 0.25) is 0 Å². The van der Waals surface area contributed by atoms with Gasteiger partial charge in [0.2, 0.25) is 5.91 Å². The van der Waals surface area contributed by atoms with Crippen LogP contribution in [0.15, 0.2) is 42.6 Å². The van der Waals surface area contributed by atoms with Crippen molar-refractivity contribution in [3.8, 4) is 0 Å². The van der Waals surface area contributed by atoms with Gasteiger partial charge in [-0.25, -0.2) is 0 Å². The van der Waals surface area contributed by atoms with Crippen molar-refractivity contribution < 1.29 is 4.79 Å². The topological polar surface area (TPSA) is 66.9 Å². The number of benzene rings is 1. The minimum atomic E-state index is -0.142. The average Bonchev–Trinajstić information content (AvgIpc) is 2.53. The molecule has 0 saturated carbocycles. The van der Waals surface area contributed by atoms with E-state index in [1.807, 2.05) is 30.3 Å². The van der Waals surface area contributed by atoms with E-state index < -0.39 is 0 Å². The molecule has 0 saturated heterocycles. The zero-order chi connectivity index (χ0) is 13.8. The van der Waals surface area contributed by atoms with Crippen molar-refractivity contribution in [2.75, 3.05) is 6.54 Å². The molecule has 1 amide bonds. The summed E-state index contributed by atoms with van der Waals surface area (Å²) in [5.41, 5.74) is 3.07. The van der Waals surface area contributed by atoms with Crippen LogP contribution in [0.4, 0.5) is 0 Å². The van der Waals surface area contributed by atoms with Gasteiger partial charge in [-0.1, -0.05) is 24.3 Å². The lowest BCUT2D eigenvalue weighted by Crippen LogP contribution is -2.38. The van der Waals surface area contributed by atoms with Crippen molar-refractivity contribution in [3.63, 3.8) is 0 Å². The summed E-state index contributed by atoms with van der Waals surface area (Å²) in [6, 6.07) is 11.7. The summed E-state index contributed by atoms with van der Waals surface area (Å²) >= 11 is 0. The summed E-state index contributed by atoms with van der Waals surface area (Å²) in [5.74, 6) is -0.119. The lowest BCUT2D eigenvalue weighted by Gasteiger charge is -2.25. The third kappa shape index (κ3) is 2.67. The first-order valence-electron chi connectivity index (χ1n) is 6.67. The number of carbonyl (C=O) groups is 1. The molecule has 2 N–H and O–H groups in total. The van der Waals surface area contributed by atoms with Gasteiger partial charge >= 0.3 is 0 Å². The van der Waals surface area contributed by atoms with E-state index in [9.17, 15) is 4.79 Å². The Morgan fingerprint density at radius 2 is 2.20 bits per heavy atom. The number of rotatable bonds is 3. The molecule has 2 heterocycles. The second kappa shape index (κ2) is 5.79. The van der Waals surface area contributed by atoms with Crippen molar-refractivity contribution in [2.24, 2.45) is 0 Å². The summed E-state index contributed by atoms with van der Waals surface area (Å²) in [6.45, 7) is 1.90. The second-order valence-electron chi connectivity index (χ2n) is 4.82. The summed E-state index contributed by atoms with van der Waals surface area (Å²) < 4.78 is 0. The van der Waals surface area contributed by atoms with Gasteiger partial charge in [0.05, 0.1) is 18.2 Å². The highest BCUT2D eigenvalue weighted by atomic mass is 16.1. The molecule has 1 aromatic heterocycles. The van der Waals surface area contributed by atoms with E-state index in [2.05, 4.69) is 26.9 Å². The van der Waals surface area contributed by atoms with Crippen molar-refractivity contribution in [3.05, 3.63) is 59.4 Å². The van der Waals surface area contributed by atoms with Gasteiger partial charge in [-0.3, -0.25) is 4.79 Å². The number of aromatic nitrogens is 2. The number of hydrogen-bond acceptors (Lipinski definition) is 4. The number of fused-ring (bicyclic) bond motifs is 1. The molecule has 5 heteroatoms. The lowest BCUT2D eigenvalue weighted by atomic mass is 9.90. The zero-order valence-corrected chi connectivity index (χ0v) is 11.0. The summed E-state index contributed by atoms with van der Waals surface area (Å²) in [5, 5.41) is 14.0. The predicted molar refractivity (Wildman–Crippen MR) is 74.8 cm³/mol. The smallest absolute Gasteiger partial charge is 0.229 e. The van der Waals surface area contributed by atoms with Gasteiger partial charge in [-0.15, -0.1) is 0 Å². The van der Waals surface area contributed by atoms with Crippen LogP contribution in [0.1, 0.15) is 22.7 Å². The monoisotopic (exact) mass is 268 g/mol. The zero-order valence-electron chi connectivity index (χ0n) is 11.0. The Labute approximate surface area is 117 Å². The molecule has 0 radical (unpaired) electrons. The first kappa shape index (κ1) is 12.7. The third-order valence-corrected chi connectivity index (χ3v) is 3.48. The van der Waals surface area contributed by atoms with E-state index >= 15 is 0 Å². The third-order valence-electron chi connectivity index (χ3n) is 3.48. The summed E-state index contributed by atoms with van der Waals surface area (Å²) in [6.07, 6.45) is 1.62. The Morgan fingerprint density at radius 1 is 1.30 bits per heavy atom. The molecule has 1 aromatic carbocycles. The Bertz CT molecular complexity index is 600. The summed E-state index contributed by atoms with van der Waals surface area (Å²) in [4.78, 5) is 12.3. The van der Waals surface area contributed by atoms with Crippen molar-refractivity contribution in [2.45, 2.75) is 19.0 Å². The van der Waals surface area contributed by atoms with Gasteiger partial charge < -0.3 is 10.6 Å². The fraction of sp³-hybridized carbons (Fsp3) is 0.267. The maximum Gasteiger partial charge on any atom is 0.229 e. The van der Waals surface area contributed by atoms with E-state index in [1.165, 1.54) is 5.56 Å². The molecular formula is C15H16N4O. The molecule has 0 spiro atoms. The molecular weight excluding hydrogens is 252 g/mol. The predicted octanol–water partition coefficient (Wildman–Crippen LogP) is 0.980. The molecule has 0 aliphatic carbocycles. The Balaban J connectivity index is 1.69. The molecule has 0 bridgehead atoms. The number of nitrogens with one attached hydrogen (secondary N) is 2. The minimum absolute atomic E-state index is 0.0234. The quantitative estimate of drug-likeness (QED) is 0.871. The van der Waals surface area contributed by atoms with Gasteiger partial charge in [0, 0.05) is 19.3 Å². The second-order valence-corrected chi connectivity index (χ2v) is 4.82. The first-order valence-corrected chi connectivity index (χ1v) is 6.67. The largest absolute Gasteiger partial charge is 0.350 e. The normalized spacial score (nSPS) is 17.3. The standard InChI is InChI=1S/C15H16N4O/c20-15(17-9-12-5-3-7-18-19-12)14-10-16-8-11-4-1-2-6-13(11)14/h1-7,14,16H,8-10H2,(H,17,20). The lowest BCUT2D eigenvalue weighted by molar-refractivity contribution is -0.122. The fourth-order valence-corrected chi connectivity index (χ4v) is 2.46. The molecule has 5 nitrogen and oxygen atoms in total. The Kier molecular flexibility index (Phi) is 3.69. The number of amides is 1. The average molecular weight is 268 g/mol. The highest BCUT2D eigenvalue weighted by Crippen LogP contribution is 2.23. The molecule has 2 aromatic rings. The van der Waals surface area contributed by atoms with Gasteiger partial charge in [0.1, 0.15) is 0 Å². The van der Waals surface area contributed by atoms with Crippen LogP contribution in [0.25, 0.3) is 0 Å². The molecule has 3 rings (SSSR count). The Morgan fingerprint density at radius 3 is 3.05 bits per heavy atom. The van der Waals surface area contributed by atoms with Gasteiger partial charge in [0.25, 0.3) is 0 Å². The number of carbonyl (C=O) groups excluding carboxylic acids is 1. The van der Waals surface area contributed by atoms with Crippen LogP contribution >= 0.6 is 0 Å². The van der Waals surface area contributed by atoms with E-state index in [-0.39, 0.29) is 11.8 Å². The minimum Gasteiger partial charge on any atom is -0.350 e. The van der Waals surface area contributed by atoms with Crippen LogP contribution in [-0.2, 0) is 17.9 Å². The van der Waals surface area contributed by atoms with Crippen LogP contribution in [0.5, 0.6) is 0 Å².